The van der Waals surface area contributed by atoms with Crippen LogP contribution in [0, 0.1) is 5.92 Å². The van der Waals surface area contributed by atoms with Gasteiger partial charge in [-0.05, 0) is 42.8 Å². The molecule has 1 saturated heterocycles. The number of benzene rings is 2. The van der Waals surface area contributed by atoms with E-state index in [9.17, 15) is 0 Å². The van der Waals surface area contributed by atoms with Crippen molar-refractivity contribution >= 4 is 38.2 Å². The molecule has 3 heterocycles. The largest absolute Gasteiger partial charge is 0.436 e. The summed E-state index contributed by atoms with van der Waals surface area (Å²) in [5.74, 6) is 2.52. The van der Waals surface area contributed by atoms with Crippen molar-refractivity contribution in [1.82, 2.24) is 15.0 Å². The lowest BCUT2D eigenvalue weighted by atomic mass is 10.1. The molecule has 1 N–H and O–H groups in total. The molecule has 5 rings (SSSR count). The minimum atomic E-state index is 0.507. The topological polar surface area (TPSA) is 72.4 Å². The van der Waals surface area contributed by atoms with Crippen LogP contribution in [-0.4, -0.2) is 41.8 Å². The summed E-state index contributed by atoms with van der Waals surface area (Å²) in [7, 11) is 1.74. The van der Waals surface area contributed by atoms with Gasteiger partial charge >= 0.3 is 0 Å². The maximum Gasteiger partial charge on any atom is 0.263 e. The van der Waals surface area contributed by atoms with Crippen molar-refractivity contribution in [1.29, 1.82) is 0 Å². The van der Waals surface area contributed by atoms with Gasteiger partial charge in [0.1, 0.15) is 5.75 Å². The summed E-state index contributed by atoms with van der Waals surface area (Å²) in [6.07, 6.45) is 4.44. The number of hydrogen-bond donors (Lipinski definition) is 1. The van der Waals surface area contributed by atoms with Crippen LogP contribution >= 0.6 is 11.3 Å². The summed E-state index contributed by atoms with van der Waals surface area (Å²) in [5.41, 5.74) is 1.95. The van der Waals surface area contributed by atoms with Crippen molar-refractivity contribution in [2.45, 2.75) is 6.42 Å². The van der Waals surface area contributed by atoms with Crippen molar-refractivity contribution in [3.63, 3.8) is 0 Å². The maximum atomic E-state index is 6.08. The Balaban J connectivity index is 1.28. The third-order valence-corrected chi connectivity index (χ3v) is 6.20. The smallest absolute Gasteiger partial charge is 0.263 e. The van der Waals surface area contributed by atoms with Gasteiger partial charge in [0, 0.05) is 44.2 Å². The number of ether oxygens (including phenoxy) is 2. The first kappa shape index (κ1) is 19.7. The van der Waals surface area contributed by atoms with Crippen molar-refractivity contribution in [3.8, 4) is 11.6 Å². The predicted molar refractivity (Wildman–Crippen MR) is 124 cm³/mol. The number of anilines is 3. The Hall–Kier alpha value is -3.23. The second-order valence-electron chi connectivity index (χ2n) is 7.48. The van der Waals surface area contributed by atoms with Crippen LogP contribution in [0.4, 0.5) is 16.6 Å². The average molecular weight is 434 g/mol. The van der Waals surface area contributed by atoms with Crippen LogP contribution in [0.3, 0.4) is 0 Å². The van der Waals surface area contributed by atoms with Crippen LogP contribution in [0.5, 0.6) is 11.6 Å². The fourth-order valence-corrected chi connectivity index (χ4v) is 4.66. The third-order valence-electron chi connectivity index (χ3n) is 5.25. The summed E-state index contributed by atoms with van der Waals surface area (Å²) >= 11 is 1.63. The SMILES string of the molecule is COCC1CCN(c2nccnc2Oc2ccc(Nc3nc4ccccc4s3)cc2)C1. The van der Waals surface area contributed by atoms with Crippen LogP contribution in [0.25, 0.3) is 10.2 Å². The van der Waals surface area contributed by atoms with E-state index in [-0.39, 0.29) is 0 Å². The summed E-state index contributed by atoms with van der Waals surface area (Å²) < 4.78 is 12.5. The molecule has 1 unspecified atom stereocenters. The molecular formula is C23H23N5O2S. The van der Waals surface area contributed by atoms with E-state index < -0.39 is 0 Å². The highest BCUT2D eigenvalue weighted by molar-refractivity contribution is 7.22. The lowest BCUT2D eigenvalue weighted by molar-refractivity contribution is 0.161. The van der Waals surface area contributed by atoms with Crippen molar-refractivity contribution in [2.24, 2.45) is 5.92 Å². The minimum Gasteiger partial charge on any atom is -0.436 e. The molecule has 2 aromatic carbocycles. The van der Waals surface area contributed by atoms with Crippen LogP contribution in [0.2, 0.25) is 0 Å². The first-order chi connectivity index (χ1) is 15.3. The van der Waals surface area contributed by atoms with Gasteiger partial charge in [-0.1, -0.05) is 23.5 Å². The van der Waals surface area contributed by atoms with Crippen LogP contribution in [-0.2, 0) is 4.74 Å². The molecule has 1 fully saturated rings. The molecule has 0 spiro atoms. The molecule has 2 aromatic heterocycles. The first-order valence-electron chi connectivity index (χ1n) is 10.2. The Morgan fingerprint density at radius 3 is 2.77 bits per heavy atom. The summed E-state index contributed by atoms with van der Waals surface area (Å²) in [4.78, 5) is 15.8. The number of para-hydroxylation sites is 1. The quantitative estimate of drug-likeness (QED) is 0.435. The van der Waals surface area contributed by atoms with Gasteiger partial charge in [0.15, 0.2) is 10.9 Å². The van der Waals surface area contributed by atoms with E-state index in [2.05, 4.69) is 31.2 Å². The fraction of sp³-hybridized carbons (Fsp3) is 0.261. The Morgan fingerprint density at radius 2 is 1.94 bits per heavy atom. The normalized spacial score (nSPS) is 16.0. The molecule has 1 aliphatic heterocycles. The zero-order valence-corrected chi connectivity index (χ0v) is 18.0. The highest BCUT2D eigenvalue weighted by Crippen LogP contribution is 2.33. The zero-order chi connectivity index (χ0) is 21.0. The van der Waals surface area contributed by atoms with Crippen LogP contribution in [0.15, 0.2) is 60.9 Å². The number of thiazole rings is 1. The Kier molecular flexibility index (Phi) is 5.64. The van der Waals surface area contributed by atoms with Crippen molar-refractivity contribution < 1.29 is 9.47 Å². The van der Waals surface area contributed by atoms with Gasteiger partial charge in [0.05, 0.1) is 16.8 Å². The first-order valence-corrected chi connectivity index (χ1v) is 11.1. The number of nitrogens with zero attached hydrogens (tertiary/aromatic N) is 4. The fourth-order valence-electron chi connectivity index (χ4n) is 3.77. The molecule has 0 saturated carbocycles. The Labute approximate surface area is 184 Å². The Bertz CT molecular complexity index is 1130. The standard InChI is InChI=1S/C23H23N5O2S/c1-29-15-16-10-13-28(14-16)21-22(25-12-11-24-21)30-18-8-6-17(7-9-18)26-23-27-19-4-2-3-5-20(19)31-23/h2-9,11-12,16H,10,13-15H2,1H3,(H,26,27). The summed E-state index contributed by atoms with van der Waals surface area (Å²) in [6.45, 7) is 2.58. The van der Waals surface area contributed by atoms with Gasteiger partial charge in [-0.2, -0.15) is 0 Å². The predicted octanol–water partition coefficient (Wildman–Crippen LogP) is 5.09. The van der Waals surface area contributed by atoms with Gasteiger partial charge in [-0.3, -0.25) is 0 Å². The molecule has 1 aliphatic rings. The van der Waals surface area contributed by atoms with Gasteiger partial charge in [-0.25, -0.2) is 15.0 Å². The minimum absolute atomic E-state index is 0.507. The van der Waals surface area contributed by atoms with Gasteiger partial charge < -0.3 is 19.7 Å². The number of nitrogens with one attached hydrogen (secondary N) is 1. The lowest BCUT2D eigenvalue weighted by Gasteiger charge is -2.19. The molecule has 7 nitrogen and oxygen atoms in total. The highest BCUT2D eigenvalue weighted by Gasteiger charge is 2.26. The van der Waals surface area contributed by atoms with Crippen LogP contribution < -0.4 is 15.0 Å². The second kappa shape index (κ2) is 8.87. The Morgan fingerprint density at radius 1 is 1.10 bits per heavy atom. The molecule has 0 aliphatic carbocycles. The highest BCUT2D eigenvalue weighted by atomic mass is 32.1. The summed E-state index contributed by atoms with van der Waals surface area (Å²) in [5, 5.41) is 4.23. The van der Waals surface area contributed by atoms with Crippen molar-refractivity contribution in [3.05, 3.63) is 60.9 Å². The van der Waals surface area contributed by atoms with Crippen LogP contribution in [0.1, 0.15) is 6.42 Å². The average Bonchev–Trinajstić information content (AvgIpc) is 3.42. The molecule has 8 heteroatoms. The van der Waals surface area contributed by atoms with Crippen molar-refractivity contribution in [2.75, 3.05) is 37.0 Å². The monoisotopic (exact) mass is 433 g/mol. The van der Waals surface area contributed by atoms with E-state index in [1.54, 1.807) is 30.8 Å². The van der Waals surface area contributed by atoms with E-state index in [1.165, 1.54) is 0 Å². The van der Waals surface area contributed by atoms with E-state index >= 15 is 0 Å². The number of aromatic nitrogens is 3. The van der Waals surface area contributed by atoms with E-state index in [0.717, 1.165) is 53.0 Å². The van der Waals surface area contributed by atoms with Gasteiger partial charge in [0.2, 0.25) is 0 Å². The maximum absolute atomic E-state index is 6.08. The van der Waals surface area contributed by atoms with Gasteiger partial charge in [0.25, 0.3) is 5.88 Å². The van der Waals surface area contributed by atoms with Gasteiger partial charge in [-0.15, -0.1) is 0 Å². The molecule has 31 heavy (non-hydrogen) atoms. The second-order valence-corrected chi connectivity index (χ2v) is 8.51. The molecule has 4 aromatic rings. The molecule has 0 amide bonds. The van der Waals surface area contributed by atoms with E-state index in [4.69, 9.17) is 9.47 Å². The molecule has 158 valence electrons. The molecule has 0 bridgehead atoms. The molecule has 0 radical (unpaired) electrons. The molecule has 1 atom stereocenters. The number of fused-ring (bicyclic) bond motifs is 1. The summed E-state index contributed by atoms with van der Waals surface area (Å²) in [6, 6.07) is 15.9. The number of methoxy groups -OCH3 is 1. The molecular weight excluding hydrogens is 410 g/mol. The van der Waals surface area contributed by atoms with E-state index in [1.807, 2.05) is 42.5 Å². The third kappa shape index (κ3) is 4.45. The zero-order valence-electron chi connectivity index (χ0n) is 17.2. The van der Waals surface area contributed by atoms with E-state index in [0.29, 0.717) is 17.5 Å². The number of hydrogen-bond acceptors (Lipinski definition) is 8. The number of rotatable bonds is 7. The lowest BCUT2D eigenvalue weighted by Crippen LogP contribution is -2.22.